The lowest BCUT2D eigenvalue weighted by atomic mass is 10.1. The molecule has 25 heavy (non-hydrogen) atoms. The zero-order valence-corrected chi connectivity index (χ0v) is 13.9. The number of nitrogens with one attached hydrogen (secondary N) is 2. The second-order valence-corrected chi connectivity index (χ2v) is 6.09. The first-order valence-corrected chi connectivity index (χ1v) is 8.06. The molecular weight excluding hydrogens is 342 g/mol. The largest absolute Gasteiger partial charge is 0.341 e. The summed E-state index contributed by atoms with van der Waals surface area (Å²) in [6.07, 6.45) is 0. The number of rotatable bonds is 4. The van der Waals surface area contributed by atoms with Crippen LogP contribution in [0.2, 0.25) is 0 Å². The van der Waals surface area contributed by atoms with Crippen LogP contribution in [0.1, 0.15) is 12.5 Å². The molecule has 2 N–H and O–H groups in total. The number of carbonyl (C=O) groups excluding carboxylic acids is 1. The number of amides is 2. The van der Waals surface area contributed by atoms with Crippen LogP contribution >= 0.6 is 11.3 Å². The van der Waals surface area contributed by atoms with Crippen molar-refractivity contribution in [1.82, 2.24) is 10.4 Å². The minimum absolute atomic E-state index is 0.0183. The maximum Gasteiger partial charge on any atom is 0.341 e. The van der Waals surface area contributed by atoms with Crippen molar-refractivity contribution in [2.45, 2.75) is 6.92 Å². The molecule has 0 saturated carbocycles. The molecule has 1 heterocycles. The Balaban J connectivity index is 1.68. The molecule has 0 saturated heterocycles. The summed E-state index contributed by atoms with van der Waals surface area (Å²) in [5.74, 6) is 0. The van der Waals surface area contributed by atoms with E-state index in [2.05, 4.69) is 20.8 Å². The number of urea groups is 1. The molecule has 0 radical (unpaired) electrons. The number of nitrogens with zero attached hydrogens (tertiary/aromatic N) is 3. The van der Waals surface area contributed by atoms with E-state index >= 15 is 0 Å². The fourth-order valence-corrected chi connectivity index (χ4v) is 2.98. The molecule has 126 valence electrons. The van der Waals surface area contributed by atoms with Gasteiger partial charge in [-0.15, -0.1) is 0 Å². The van der Waals surface area contributed by atoms with E-state index < -0.39 is 11.0 Å². The molecule has 0 bridgehead atoms. The Morgan fingerprint density at radius 1 is 1.24 bits per heavy atom. The zero-order chi connectivity index (χ0) is 17.8. The molecule has 1 aromatic heterocycles. The summed E-state index contributed by atoms with van der Waals surface area (Å²) in [5.41, 5.74) is 4.52. The second-order valence-electron chi connectivity index (χ2n) is 5.06. The third-order valence-electron chi connectivity index (χ3n) is 3.32. The molecule has 0 unspecified atom stereocenters. The van der Waals surface area contributed by atoms with E-state index in [1.165, 1.54) is 12.1 Å². The number of hydrazone groups is 1. The summed E-state index contributed by atoms with van der Waals surface area (Å²) in [5, 5.41) is 17.7. The quantitative estimate of drug-likeness (QED) is 0.422. The molecule has 3 rings (SSSR count). The lowest BCUT2D eigenvalue weighted by Crippen LogP contribution is -2.25. The van der Waals surface area contributed by atoms with Gasteiger partial charge in [0.25, 0.3) is 5.69 Å². The highest BCUT2D eigenvalue weighted by Gasteiger charge is 2.11. The molecule has 0 fully saturated rings. The Labute approximate surface area is 146 Å². The van der Waals surface area contributed by atoms with E-state index in [1.807, 2.05) is 30.3 Å². The smallest absolute Gasteiger partial charge is 0.282 e. The standard InChI is InChI=1S/C16H13N5O3S/c1-10(11-5-3-2-4-6-11)19-20-15(22)18-16-17-13-8-7-12(21(23)24)9-14(13)25-16/h2-9H,1H3,(H2,17,18,20,22)/b19-10+. The second kappa shape index (κ2) is 7.05. The van der Waals surface area contributed by atoms with E-state index in [-0.39, 0.29) is 5.69 Å². The Bertz CT molecular complexity index is 968. The lowest BCUT2D eigenvalue weighted by Gasteiger charge is -2.02. The van der Waals surface area contributed by atoms with Crippen LogP contribution in [-0.4, -0.2) is 21.7 Å². The molecular formula is C16H13N5O3S. The van der Waals surface area contributed by atoms with Crippen molar-refractivity contribution in [3.63, 3.8) is 0 Å². The summed E-state index contributed by atoms with van der Waals surface area (Å²) in [6, 6.07) is 13.2. The highest BCUT2D eigenvalue weighted by Crippen LogP contribution is 2.28. The van der Waals surface area contributed by atoms with Crippen LogP contribution in [0.4, 0.5) is 15.6 Å². The highest BCUT2D eigenvalue weighted by atomic mass is 32.1. The number of non-ortho nitro benzene ring substituents is 1. The maximum atomic E-state index is 11.9. The van der Waals surface area contributed by atoms with E-state index in [9.17, 15) is 14.9 Å². The predicted octanol–water partition coefficient (Wildman–Crippen LogP) is 3.75. The number of carbonyl (C=O) groups is 1. The molecule has 0 atom stereocenters. The monoisotopic (exact) mass is 355 g/mol. The fraction of sp³-hybridized carbons (Fsp3) is 0.0625. The maximum absolute atomic E-state index is 11.9. The Morgan fingerprint density at radius 2 is 2.00 bits per heavy atom. The molecule has 2 aromatic carbocycles. The van der Waals surface area contributed by atoms with Gasteiger partial charge >= 0.3 is 6.03 Å². The van der Waals surface area contributed by atoms with E-state index in [0.29, 0.717) is 21.1 Å². The summed E-state index contributed by atoms with van der Waals surface area (Å²) in [7, 11) is 0. The van der Waals surface area contributed by atoms with Crippen molar-refractivity contribution in [2.75, 3.05) is 5.32 Å². The minimum atomic E-state index is -0.538. The third-order valence-corrected chi connectivity index (χ3v) is 4.25. The van der Waals surface area contributed by atoms with Gasteiger partial charge < -0.3 is 0 Å². The number of nitro benzene ring substituents is 1. The third kappa shape index (κ3) is 3.96. The van der Waals surface area contributed by atoms with Crippen LogP contribution < -0.4 is 10.7 Å². The summed E-state index contributed by atoms with van der Waals surface area (Å²) in [4.78, 5) is 26.5. The number of nitro groups is 1. The summed E-state index contributed by atoms with van der Waals surface area (Å²) >= 11 is 1.15. The molecule has 0 aliphatic rings. The SMILES string of the molecule is C/C(=N\NC(=O)Nc1nc2ccc([N+](=O)[O-])cc2s1)c1ccccc1. The van der Waals surface area contributed by atoms with Crippen molar-refractivity contribution >= 4 is 44.1 Å². The number of anilines is 1. The van der Waals surface area contributed by atoms with Gasteiger partial charge in [0.1, 0.15) is 0 Å². The van der Waals surface area contributed by atoms with Crippen molar-refractivity contribution < 1.29 is 9.72 Å². The molecule has 0 aliphatic heterocycles. The zero-order valence-electron chi connectivity index (χ0n) is 13.1. The van der Waals surface area contributed by atoms with Crippen molar-refractivity contribution in [1.29, 1.82) is 0 Å². The van der Waals surface area contributed by atoms with Crippen molar-refractivity contribution in [2.24, 2.45) is 5.10 Å². The van der Waals surface area contributed by atoms with Crippen LogP contribution in [0, 0.1) is 10.1 Å². The van der Waals surface area contributed by atoms with Crippen LogP contribution in [0.15, 0.2) is 53.6 Å². The van der Waals surface area contributed by atoms with Crippen LogP contribution in [-0.2, 0) is 0 Å². The topological polar surface area (TPSA) is 110 Å². The van der Waals surface area contributed by atoms with Gasteiger partial charge in [0.15, 0.2) is 5.13 Å². The molecule has 0 aliphatic carbocycles. The Hall–Kier alpha value is -3.33. The average Bonchev–Trinajstić information content (AvgIpc) is 3.01. The van der Waals surface area contributed by atoms with Gasteiger partial charge in [0.05, 0.1) is 20.9 Å². The molecule has 3 aromatic rings. The lowest BCUT2D eigenvalue weighted by molar-refractivity contribution is -0.384. The Kier molecular flexibility index (Phi) is 4.66. The van der Waals surface area contributed by atoms with Gasteiger partial charge in [0.2, 0.25) is 0 Å². The average molecular weight is 355 g/mol. The Morgan fingerprint density at radius 3 is 2.72 bits per heavy atom. The number of benzene rings is 2. The van der Waals surface area contributed by atoms with Gasteiger partial charge in [-0.2, -0.15) is 5.10 Å². The predicted molar refractivity (Wildman–Crippen MR) is 97.1 cm³/mol. The van der Waals surface area contributed by atoms with Gasteiger partial charge in [-0.1, -0.05) is 41.7 Å². The number of hydrogen-bond acceptors (Lipinski definition) is 6. The first-order chi connectivity index (χ1) is 12.0. The molecule has 9 heteroatoms. The van der Waals surface area contributed by atoms with Gasteiger partial charge in [-0.05, 0) is 18.6 Å². The number of fused-ring (bicyclic) bond motifs is 1. The van der Waals surface area contributed by atoms with Crippen molar-refractivity contribution in [3.05, 3.63) is 64.2 Å². The molecule has 2 amide bonds. The van der Waals surface area contributed by atoms with Crippen molar-refractivity contribution in [3.8, 4) is 0 Å². The summed E-state index contributed by atoms with van der Waals surface area (Å²) in [6.45, 7) is 1.78. The highest BCUT2D eigenvalue weighted by molar-refractivity contribution is 7.22. The van der Waals surface area contributed by atoms with Crippen LogP contribution in [0.5, 0.6) is 0 Å². The van der Waals surface area contributed by atoms with Gasteiger partial charge in [-0.3, -0.25) is 15.4 Å². The summed E-state index contributed by atoms with van der Waals surface area (Å²) < 4.78 is 0.619. The van der Waals surface area contributed by atoms with Crippen LogP contribution in [0.3, 0.4) is 0 Å². The first kappa shape index (κ1) is 16.5. The number of hydrogen-bond donors (Lipinski definition) is 2. The molecule has 8 nitrogen and oxygen atoms in total. The van der Waals surface area contributed by atoms with Gasteiger partial charge in [-0.25, -0.2) is 15.2 Å². The first-order valence-electron chi connectivity index (χ1n) is 7.24. The van der Waals surface area contributed by atoms with Gasteiger partial charge in [0, 0.05) is 12.1 Å². The van der Waals surface area contributed by atoms with Crippen LogP contribution in [0.25, 0.3) is 10.2 Å². The normalized spacial score (nSPS) is 11.3. The van der Waals surface area contributed by atoms with E-state index in [1.54, 1.807) is 13.0 Å². The fourth-order valence-electron chi connectivity index (χ4n) is 2.08. The van der Waals surface area contributed by atoms with E-state index in [0.717, 1.165) is 16.9 Å². The van der Waals surface area contributed by atoms with E-state index in [4.69, 9.17) is 0 Å². The number of thiazole rings is 1. The number of aromatic nitrogens is 1. The minimum Gasteiger partial charge on any atom is -0.282 e. The molecule has 0 spiro atoms.